The molecule has 1 saturated heterocycles. The minimum Gasteiger partial charge on any atom is -0.392 e. The third-order valence-corrected chi connectivity index (χ3v) is 5.49. The average Bonchev–Trinajstić information content (AvgIpc) is 2.69. The van der Waals surface area contributed by atoms with E-state index in [1.54, 1.807) is 12.2 Å². The van der Waals surface area contributed by atoms with Crippen molar-refractivity contribution in [3.05, 3.63) is 23.3 Å². The Morgan fingerprint density at radius 2 is 2.08 bits per heavy atom. The highest BCUT2D eigenvalue weighted by Crippen LogP contribution is 2.31. The number of carbonyl (C=O) groups is 1. The SMILES string of the molecule is C/C(=C\C(=O)[C@H](C)CCC[C@]1(C)OC/C(=C/CO)CC[C@@H]1O)C(C)C. The zero-order chi connectivity index (χ0) is 19.0. The van der Waals surface area contributed by atoms with E-state index in [1.807, 2.05) is 20.8 Å². The zero-order valence-corrected chi connectivity index (χ0v) is 16.5. The van der Waals surface area contributed by atoms with Crippen molar-refractivity contribution in [2.24, 2.45) is 11.8 Å². The lowest BCUT2D eigenvalue weighted by molar-refractivity contribution is -0.118. The molecule has 0 unspecified atom stereocenters. The van der Waals surface area contributed by atoms with Gasteiger partial charge in [0.25, 0.3) is 0 Å². The fourth-order valence-electron chi connectivity index (χ4n) is 3.02. The van der Waals surface area contributed by atoms with E-state index in [0.717, 1.165) is 36.8 Å². The van der Waals surface area contributed by atoms with Crippen molar-refractivity contribution in [3.8, 4) is 0 Å². The molecule has 0 spiro atoms. The number of hydrogen-bond donors (Lipinski definition) is 2. The summed E-state index contributed by atoms with van der Waals surface area (Å²) in [5.41, 5.74) is 1.58. The van der Waals surface area contributed by atoms with Crippen molar-refractivity contribution >= 4 is 5.78 Å². The van der Waals surface area contributed by atoms with Gasteiger partial charge in [-0.1, -0.05) is 32.4 Å². The molecule has 0 aromatic rings. The van der Waals surface area contributed by atoms with Crippen LogP contribution in [0.5, 0.6) is 0 Å². The first-order valence-electron chi connectivity index (χ1n) is 9.52. The molecule has 0 bridgehead atoms. The van der Waals surface area contributed by atoms with Crippen molar-refractivity contribution in [1.29, 1.82) is 0 Å². The lowest BCUT2D eigenvalue weighted by Gasteiger charge is -2.33. The van der Waals surface area contributed by atoms with Gasteiger partial charge in [-0.3, -0.25) is 4.79 Å². The smallest absolute Gasteiger partial charge is 0.158 e. The number of ketones is 1. The lowest BCUT2D eigenvalue weighted by Crippen LogP contribution is -2.41. The van der Waals surface area contributed by atoms with Gasteiger partial charge in [0.1, 0.15) is 0 Å². The fraction of sp³-hybridized carbons (Fsp3) is 0.762. The average molecular weight is 353 g/mol. The number of aliphatic hydroxyl groups is 2. The Kier molecular flexibility index (Phi) is 9.04. The van der Waals surface area contributed by atoms with Crippen LogP contribution in [0.2, 0.25) is 0 Å². The number of hydrogen-bond acceptors (Lipinski definition) is 4. The Hall–Kier alpha value is -0.970. The van der Waals surface area contributed by atoms with E-state index in [0.29, 0.717) is 18.9 Å². The number of carbonyl (C=O) groups excluding carboxylic acids is 1. The van der Waals surface area contributed by atoms with Crippen LogP contribution in [0.15, 0.2) is 23.3 Å². The summed E-state index contributed by atoms with van der Waals surface area (Å²) in [5, 5.41) is 19.5. The summed E-state index contributed by atoms with van der Waals surface area (Å²) in [6.45, 7) is 10.6. The molecule has 2 N–H and O–H groups in total. The van der Waals surface area contributed by atoms with Crippen molar-refractivity contribution in [3.63, 3.8) is 0 Å². The topological polar surface area (TPSA) is 66.8 Å². The molecular weight excluding hydrogens is 316 g/mol. The van der Waals surface area contributed by atoms with E-state index in [1.165, 1.54) is 0 Å². The molecule has 144 valence electrons. The Bertz CT molecular complexity index is 492. The highest BCUT2D eigenvalue weighted by atomic mass is 16.5. The molecule has 1 fully saturated rings. The summed E-state index contributed by atoms with van der Waals surface area (Å²) in [6, 6.07) is 0. The molecule has 1 aliphatic rings. The molecule has 1 heterocycles. The third kappa shape index (κ3) is 7.04. The fourth-order valence-corrected chi connectivity index (χ4v) is 3.02. The van der Waals surface area contributed by atoms with Crippen LogP contribution in [0.4, 0.5) is 0 Å². The predicted molar refractivity (Wildman–Crippen MR) is 101 cm³/mol. The van der Waals surface area contributed by atoms with Crippen molar-refractivity contribution in [1.82, 2.24) is 0 Å². The predicted octanol–water partition coefficient (Wildman–Crippen LogP) is 3.81. The van der Waals surface area contributed by atoms with Crippen LogP contribution in [0, 0.1) is 11.8 Å². The zero-order valence-electron chi connectivity index (χ0n) is 16.5. The highest BCUT2D eigenvalue weighted by Gasteiger charge is 2.36. The second-order valence-corrected chi connectivity index (χ2v) is 7.94. The van der Waals surface area contributed by atoms with Gasteiger partial charge in [0, 0.05) is 5.92 Å². The third-order valence-electron chi connectivity index (χ3n) is 5.49. The first-order chi connectivity index (χ1) is 11.7. The Labute approximate surface area is 153 Å². The minimum absolute atomic E-state index is 0.00837. The van der Waals surface area contributed by atoms with Gasteiger partial charge in [-0.2, -0.15) is 0 Å². The van der Waals surface area contributed by atoms with Crippen LogP contribution in [0.3, 0.4) is 0 Å². The van der Waals surface area contributed by atoms with Crippen molar-refractivity contribution < 1.29 is 19.7 Å². The number of ether oxygens (including phenoxy) is 1. The van der Waals surface area contributed by atoms with E-state index in [9.17, 15) is 9.90 Å². The number of rotatable bonds is 8. The Balaban J connectivity index is 2.54. The van der Waals surface area contributed by atoms with Gasteiger partial charge in [0.15, 0.2) is 5.78 Å². The van der Waals surface area contributed by atoms with E-state index in [-0.39, 0.29) is 18.3 Å². The summed E-state index contributed by atoms with van der Waals surface area (Å²) in [6.07, 6.45) is 6.79. The molecule has 1 rings (SSSR count). The molecule has 0 aromatic heterocycles. The van der Waals surface area contributed by atoms with Gasteiger partial charge in [-0.25, -0.2) is 0 Å². The van der Waals surface area contributed by atoms with Gasteiger partial charge in [0.2, 0.25) is 0 Å². The second-order valence-electron chi connectivity index (χ2n) is 7.94. The maximum absolute atomic E-state index is 12.3. The first kappa shape index (κ1) is 22.1. The van der Waals surface area contributed by atoms with Gasteiger partial charge in [0.05, 0.1) is 24.9 Å². The van der Waals surface area contributed by atoms with E-state index in [4.69, 9.17) is 9.84 Å². The maximum Gasteiger partial charge on any atom is 0.158 e. The lowest BCUT2D eigenvalue weighted by atomic mass is 9.87. The molecular formula is C21H36O4. The number of aliphatic hydroxyl groups excluding tert-OH is 2. The van der Waals surface area contributed by atoms with Gasteiger partial charge in [-0.05, 0) is 63.5 Å². The van der Waals surface area contributed by atoms with Gasteiger partial charge in [-0.15, -0.1) is 0 Å². The van der Waals surface area contributed by atoms with Crippen LogP contribution in [0.1, 0.15) is 66.7 Å². The van der Waals surface area contributed by atoms with Crippen LogP contribution in [0.25, 0.3) is 0 Å². The summed E-state index contributed by atoms with van der Waals surface area (Å²) >= 11 is 0. The minimum atomic E-state index is -0.586. The standard InChI is InChI=1S/C21H36O4/c1-15(2)17(4)13-19(23)16(3)7-6-11-21(5)20(24)9-8-18(10-12-22)14-25-21/h10,13,15-16,20,22,24H,6-9,11-12,14H2,1-5H3/b17-13+,18-10+/t16-,20+,21+/m1/s1. The summed E-state index contributed by atoms with van der Waals surface area (Å²) in [5.74, 6) is 0.572. The first-order valence-corrected chi connectivity index (χ1v) is 9.52. The molecule has 1 aliphatic heterocycles. The van der Waals surface area contributed by atoms with Crippen LogP contribution in [-0.4, -0.2) is 40.9 Å². The van der Waals surface area contributed by atoms with Crippen LogP contribution in [-0.2, 0) is 9.53 Å². The normalized spacial score (nSPS) is 28.2. The van der Waals surface area contributed by atoms with Gasteiger partial charge >= 0.3 is 0 Å². The Morgan fingerprint density at radius 3 is 2.68 bits per heavy atom. The highest BCUT2D eigenvalue weighted by molar-refractivity contribution is 5.92. The van der Waals surface area contributed by atoms with Crippen molar-refractivity contribution in [2.75, 3.05) is 13.2 Å². The monoisotopic (exact) mass is 352 g/mol. The van der Waals surface area contributed by atoms with E-state index < -0.39 is 11.7 Å². The molecule has 25 heavy (non-hydrogen) atoms. The number of allylic oxidation sites excluding steroid dienone is 2. The second kappa shape index (κ2) is 10.2. The van der Waals surface area contributed by atoms with E-state index >= 15 is 0 Å². The van der Waals surface area contributed by atoms with Gasteiger partial charge < -0.3 is 14.9 Å². The molecule has 0 saturated carbocycles. The quantitative estimate of drug-likeness (QED) is 0.515. The molecule has 0 radical (unpaired) electrons. The molecule has 0 aromatic carbocycles. The van der Waals surface area contributed by atoms with Crippen LogP contribution < -0.4 is 0 Å². The summed E-state index contributed by atoms with van der Waals surface area (Å²) in [7, 11) is 0. The summed E-state index contributed by atoms with van der Waals surface area (Å²) in [4.78, 5) is 12.3. The molecule has 0 amide bonds. The Morgan fingerprint density at radius 1 is 1.40 bits per heavy atom. The molecule has 4 heteroatoms. The van der Waals surface area contributed by atoms with Crippen LogP contribution >= 0.6 is 0 Å². The van der Waals surface area contributed by atoms with E-state index in [2.05, 4.69) is 13.8 Å². The van der Waals surface area contributed by atoms with Crippen molar-refractivity contribution in [2.45, 2.75) is 78.4 Å². The maximum atomic E-state index is 12.3. The molecule has 3 atom stereocenters. The molecule has 4 nitrogen and oxygen atoms in total. The molecule has 0 aliphatic carbocycles. The summed E-state index contributed by atoms with van der Waals surface area (Å²) < 4.78 is 5.98. The largest absolute Gasteiger partial charge is 0.392 e.